The van der Waals surface area contributed by atoms with E-state index in [2.05, 4.69) is 16.0 Å². The van der Waals surface area contributed by atoms with Crippen molar-refractivity contribution in [3.8, 4) is 17.3 Å². The molecule has 1 aliphatic rings. The topological polar surface area (TPSA) is 90.1 Å². The molecule has 1 saturated heterocycles. The Morgan fingerprint density at radius 3 is 2.71 bits per heavy atom. The number of hydrogen-bond donors (Lipinski definition) is 1. The number of piperidine rings is 1. The smallest absolute Gasteiger partial charge is 0.254 e. The molecule has 1 aromatic heterocycles. The third-order valence-corrected chi connectivity index (χ3v) is 5.64. The molecule has 0 bridgehead atoms. The van der Waals surface area contributed by atoms with Crippen LogP contribution in [0.1, 0.15) is 34.3 Å². The van der Waals surface area contributed by atoms with Crippen molar-refractivity contribution in [3.05, 3.63) is 83.6 Å². The summed E-state index contributed by atoms with van der Waals surface area (Å²) >= 11 is 0. The maximum atomic E-state index is 14.0. The van der Waals surface area contributed by atoms with Crippen LogP contribution >= 0.6 is 0 Å². The van der Waals surface area contributed by atoms with Gasteiger partial charge in [-0.3, -0.25) is 4.79 Å². The van der Waals surface area contributed by atoms with Crippen LogP contribution in [0, 0.1) is 17.1 Å². The quantitative estimate of drug-likeness (QED) is 0.704. The Labute approximate surface area is 179 Å². The van der Waals surface area contributed by atoms with Gasteiger partial charge in [0, 0.05) is 31.3 Å². The van der Waals surface area contributed by atoms with Crippen molar-refractivity contribution in [2.75, 3.05) is 13.1 Å². The summed E-state index contributed by atoms with van der Waals surface area (Å²) in [7, 11) is 0. The highest BCUT2D eigenvalue weighted by Gasteiger charge is 2.35. The second-order valence-electron chi connectivity index (χ2n) is 7.79. The number of nitriles is 1. The van der Waals surface area contributed by atoms with E-state index in [1.165, 1.54) is 18.5 Å². The molecule has 0 aliphatic carbocycles. The van der Waals surface area contributed by atoms with Crippen molar-refractivity contribution in [2.45, 2.75) is 24.9 Å². The normalized spacial score (nSPS) is 15.3. The minimum atomic E-state index is -0.956. The summed E-state index contributed by atoms with van der Waals surface area (Å²) in [6.45, 7) is 0.708. The Morgan fingerprint density at radius 1 is 1.19 bits per heavy atom. The summed E-state index contributed by atoms with van der Waals surface area (Å²) in [6.07, 6.45) is 4.16. The van der Waals surface area contributed by atoms with Gasteiger partial charge in [0.05, 0.1) is 28.5 Å². The predicted octanol–water partition coefficient (Wildman–Crippen LogP) is 3.36. The number of aromatic nitrogens is 2. The zero-order valence-electron chi connectivity index (χ0n) is 16.8. The molecular formula is C24H21FN4O2. The van der Waals surface area contributed by atoms with Gasteiger partial charge in [-0.2, -0.15) is 5.26 Å². The van der Waals surface area contributed by atoms with Crippen LogP contribution in [0.5, 0.6) is 0 Å². The predicted molar refractivity (Wildman–Crippen MR) is 112 cm³/mol. The van der Waals surface area contributed by atoms with Gasteiger partial charge in [-0.15, -0.1) is 0 Å². The molecule has 0 spiro atoms. The van der Waals surface area contributed by atoms with Crippen molar-refractivity contribution in [2.24, 2.45) is 0 Å². The number of aliphatic hydroxyl groups is 1. The minimum Gasteiger partial charge on any atom is -0.389 e. The fraction of sp³-hybridized carbons (Fsp3) is 0.250. The van der Waals surface area contributed by atoms with Crippen molar-refractivity contribution in [1.29, 1.82) is 5.26 Å². The molecule has 0 unspecified atom stereocenters. The van der Waals surface area contributed by atoms with E-state index in [-0.39, 0.29) is 11.5 Å². The van der Waals surface area contributed by atoms with Crippen molar-refractivity contribution in [1.82, 2.24) is 14.9 Å². The van der Waals surface area contributed by atoms with Crippen molar-refractivity contribution >= 4 is 5.91 Å². The standard InChI is InChI=1S/C24H21FN4O2/c25-19-4-5-20(22-6-9-27-16-28-22)21(13-19)23(30)29-10-7-24(31,8-11-29)14-17-2-1-3-18(12-17)15-26/h1-6,9,12-13,16,31H,7-8,10-11,14H2. The third-order valence-electron chi connectivity index (χ3n) is 5.64. The van der Waals surface area contributed by atoms with Crippen LogP contribution in [-0.2, 0) is 6.42 Å². The van der Waals surface area contributed by atoms with E-state index in [0.717, 1.165) is 5.56 Å². The molecule has 0 saturated carbocycles. The molecule has 7 heteroatoms. The monoisotopic (exact) mass is 416 g/mol. The molecule has 1 fully saturated rings. The van der Waals surface area contributed by atoms with E-state index >= 15 is 0 Å². The number of carbonyl (C=O) groups is 1. The van der Waals surface area contributed by atoms with Gasteiger partial charge in [-0.25, -0.2) is 14.4 Å². The molecule has 2 heterocycles. The van der Waals surface area contributed by atoms with Gasteiger partial charge in [0.1, 0.15) is 12.1 Å². The van der Waals surface area contributed by atoms with Gasteiger partial charge >= 0.3 is 0 Å². The number of halogens is 1. The van der Waals surface area contributed by atoms with Crippen molar-refractivity contribution < 1.29 is 14.3 Å². The summed E-state index contributed by atoms with van der Waals surface area (Å²) in [5.41, 5.74) is 1.81. The molecule has 31 heavy (non-hydrogen) atoms. The van der Waals surface area contributed by atoms with Crippen LogP contribution in [-0.4, -0.2) is 44.6 Å². The third kappa shape index (κ3) is 4.60. The molecule has 3 aromatic rings. The van der Waals surface area contributed by atoms with E-state index in [1.807, 2.05) is 6.07 Å². The molecule has 6 nitrogen and oxygen atoms in total. The SMILES string of the molecule is N#Cc1cccc(CC2(O)CCN(C(=O)c3cc(F)ccc3-c3ccncn3)CC2)c1. The van der Waals surface area contributed by atoms with Crippen molar-refractivity contribution in [3.63, 3.8) is 0 Å². The lowest BCUT2D eigenvalue weighted by Crippen LogP contribution is -2.47. The van der Waals surface area contributed by atoms with Crippen LogP contribution < -0.4 is 0 Å². The summed E-state index contributed by atoms with van der Waals surface area (Å²) in [4.78, 5) is 22.9. The first-order valence-corrected chi connectivity index (χ1v) is 10.0. The molecule has 1 aliphatic heterocycles. The van der Waals surface area contributed by atoms with Gasteiger partial charge in [-0.05, 0) is 54.8 Å². The lowest BCUT2D eigenvalue weighted by molar-refractivity contribution is -0.0162. The number of nitrogens with zero attached hydrogens (tertiary/aromatic N) is 4. The summed E-state index contributed by atoms with van der Waals surface area (Å²) in [6, 6.07) is 15.0. The van der Waals surface area contributed by atoms with E-state index in [0.29, 0.717) is 49.2 Å². The maximum absolute atomic E-state index is 14.0. The number of carbonyl (C=O) groups excluding carboxylic acids is 1. The van der Waals surface area contributed by atoms with Gasteiger partial charge in [-0.1, -0.05) is 12.1 Å². The lowest BCUT2D eigenvalue weighted by Gasteiger charge is -2.38. The number of amides is 1. The van der Waals surface area contributed by atoms with Gasteiger partial charge in [0.25, 0.3) is 5.91 Å². The van der Waals surface area contributed by atoms with Crippen LogP contribution in [0.25, 0.3) is 11.3 Å². The minimum absolute atomic E-state index is 0.242. The van der Waals surface area contributed by atoms with Gasteiger partial charge < -0.3 is 10.0 Å². The van der Waals surface area contributed by atoms with Crippen LogP contribution in [0.3, 0.4) is 0 Å². The van der Waals surface area contributed by atoms with E-state index in [1.54, 1.807) is 41.4 Å². The largest absolute Gasteiger partial charge is 0.389 e. The zero-order chi connectivity index (χ0) is 21.8. The van der Waals surface area contributed by atoms with Crippen LogP contribution in [0.4, 0.5) is 4.39 Å². The fourth-order valence-corrected chi connectivity index (χ4v) is 3.97. The van der Waals surface area contributed by atoms with Crippen LogP contribution in [0.2, 0.25) is 0 Å². The summed E-state index contributed by atoms with van der Waals surface area (Å²) in [5.74, 6) is -0.784. The molecule has 0 atom stereocenters. The lowest BCUT2D eigenvalue weighted by atomic mass is 9.84. The fourth-order valence-electron chi connectivity index (χ4n) is 3.97. The molecule has 2 aromatic carbocycles. The van der Waals surface area contributed by atoms with E-state index < -0.39 is 11.4 Å². The second kappa shape index (κ2) is 8.62. The summed E-state index contributed by atoms with van der Waals surface area (Å²) < 4.78 is 14.0. The van der Waals surface area contributed by atoms with Crippen LogP contribution in [0.15, 0.2) is 61.1 Å². The first-order chi connectivity index (χ1) is 15.0. The summed E-state index contributed by atoms with van der Waals surface area (Å²) in [5, 5.41) is 20.1. The average Bonchev–Trinajstić information content (AvgIpc) is 2.79. The Morgan fingerprint density at radius 2 is 2.00 bits per heavy atom. The van der Waals surface area contributed by atoms with E-state index in [9.17, 15) is 14.3 Å². The highest BCUT2D eigenvalue weighted by Crippen LogP contribution is 2.29. The Bertz CT molecular complexity index is 1140. The molecule has 156 valence electrons. The Balaban J connectivity index is 1.50. The highest BCUT2D eigenvalue weighted by atomic mass is 19.1. The molecule has 0 radical (unpaired) electrons. The number of likely N-dealkylation sites (tertiary alicyclic amines) is 1. The Kier molecular flexibility index (Phi) is 5.74. The molecular weight excluding hydrogens is 395 g/mol. The molecule has 1 amide bonds. The Hall–Kier alpha value is -3.63. The average molecular weight is 416 g/mol. The van der Waals surface area contributed by atoms with Gasteiger partial charge in [0.15, 0.2) is 0 Å². The maximum Gasteiger partial charge on any atom is 0.254 e. The number of hydrogen-bond acceptors (Lipinski definition) is 5. The number of benzene rings is 2. The number of rotatable bonds is 4. The second-order valence-corrected chi connectivity index (χ2v) is 7.79. The highest BCUT2D eigenvalue weighted by molar-refractivity contribution is 6.00. The first-order valence-electron chi connectivity index (χ1n) is 10.0. The zero-order valence-corrected chi connectivity index (χ0v) is 16.8. The molecule has 4 rings (SSSR count). The van der Waals surface area contributed by atoms with E-state index in [4.69, 9.17) is 5.26 Å². The van der Waals surface area contributed by atoms with Gasteiger partial charge in [0.2, 0.25) is 0 Å². The molecule has 1 N–H and O–H groups in total. The first kappa shape index (κ1) is 20.6.